The molecular weight excluding hydrogens is 445 g/mol. The first-order valence-electron chi connectivity index (χ1n) is 9.94. The number of β-amino-alcohol motifs (C(OH)–C–C–N with tert-alkyl or cyclic N) is 1. The lowest BCUT2D eigenvalue weighted by Crippen LogP contribution is -2.71. The van der Waals surface area contributed by atoms with Gasteiger partial charge in [-0.15, -0.1) is 0 Å². The van der Waals surface area contributed by atoms with E-state index in [1.165, 1.54) is 5.32 Å². The van der Waals surface area contributed by atoms with E-state index in [9.17, 15) is 32.7 Å². The molecule has 1 aliphatic heterocycles. The molecule has 1 heterocycles. The van der Waals surface area contributed by atoms with E-state index >= 15 is 0 Å². The average molecular weight is 464 g/mol. The molecule has 4 rings (SSSR count). The second kappa shape index (κ2) is 8.07. The molecule has 3 N–H and O–H groups in total. The normalized spacial score (nSPS) is 17.4. The number of carbonyl (C=O) groups is 3. The Morgan fingerprint density at radius 2 is 1.58 bits per heavy atom. The molecule has 1 unspecified atom stereocenters. The van der Waals surface area contributed by atoms with E-state index in [1.54, 1.807) is 0 Å². The Bertz CT molecular complexity index is 1070. The molecule has 11 heteroatoms. The lowest BCUT2D eigenvalue weighted by Gasteiger charge is -2.44. The monoisotopic (exact) mass is 464 g/mol. The Balaban J connectivity index is 1.43. The van der Waals surface area contributed by atoms with E-state index < -0.39 is 48.9 Å². The predicted octanol–water partition coefficient (Wildman–Crippen LogP) is 2.11. The summed E-state index contributed by atoms with van der Waals surface area (Å²) in [6.45, 7) is -1.89. The topological polar surface area (TPSA) is 116 Å². The molecule has 8 nitrogen and oxygen atoms in total. The first kappa shape index (κ1) is 22.6. The lowest BCUT2D eigenvalue weighted by atomic mass is 9.93. The molecule has 0 spiro atoms. The van der Waals surface area contributed by atoms with Crippen LogP contribution in [0.5, 0.6) is 0 Å². The number of halogens is 3. The standard InChI is InChI=1S/C22H19F3N2O6/c23-22(24,25)17(18(28)27-10-21(32,11-27)19(29)30)26-20(31)33-9-16-14-7-3-1-5-12(14)13-6-2-4-8-15(13)16/h1-8,16-17,32H,9-11H2,(H,26,31)(H,29,30). The summed E-state index contributed by atoms with van der Waals surface area (Å²) in [5.74, 6) is -3.62. The second-order valence-corrected chi connectivity index (χ2v) is 7.98. The number of fused-ring (bicyclic) bond motifs is 3. The van der Waals surface area contributed by atoms with Crippen LogP contribution in [0.1, 0.15) is 17.0 Å². The number of aliphatic carboxylic acids is 1. The molecule has 1 fully saturated rings. The summed E-state index contributed by atoms with van der Waals surface area (Å²) < 4.78 is 45.4. The molecule has 2 amide bonds. The van der Waals surface area contributed by atoms with Gasteiger partial charge >= 0.3 is 18.2 Å². The van der Waals surface area contributed by atoms with E-state index in [0.29, 0.717) is 4.90 Å². The quantitative estimate of drug-likeness (QED) is 0.624. The molecule has 1 saturated heterocycles. The number of ether oxygens (including phenoxy) is 1. The number of aliphatic hydroxyl groups is 1. The highest BCUT2D eigenvalue weighted by molar-refractivity contribution is 5.90. The lowest BCUT2D eigenvalue weighted by molar-refractivity contribution is -0.195. The smallest absolute Gasteiger partial charge is 0.417 e. The molecule has 33 heavy (non-hydrogen) atoms. The number of nitrogens with zero attached hydrogens (tertiary/aromatic N) is 1. The van der Waals surface area contributed by atoms with Gasteiger partial charge in [-0.2, -0.15) is 13.2 Å². The summed E-state index contributed by atoms with van der Waals surface area (Å²) in [4.78, 5) is 35.9. The fourth-order valence-corrected chi connectivity index (χ4v) is 4.10. The Morgan fingerprint density at radius 1 is 1.06 bits per heavy atom. The fraction of sp³-hybridized carbons (Fsp3) is 0.318. The minimum absolute atomic E-state index is 0.249. The summed E-state index contributed by atoms with van der Waals surface area (Å²) in [7, 11) is 0. The van der Waals surface area contributed by atoms with E-state index in [1.807, 2.05) is 48.5 Å². The predicted molar refractivity (Wildman–Crippen MR) is 107 cm³/mol. The molecule has 2 aromatic carbocycles. The number of carbonyl (C=O) groups excluding carboxylic acids is 2. The third-order valence-electron chi connectivity index (χ3n) is 5.79. The third-order valence-corrected chi connectivity index (χ3v) is 5.79. The van der Waals surface area contributed by atoms with Crippen molar-refractivity contribution in [2.45, 2.75) is 23.7 Å². The number of benzene rings is 2. The number of hydrogen-bond donors (Lipinski definition) is 3. The molecular formula is C22H19F3N2O6. The fourth-order valence-electron chi connectivity index (χ4n) is 4.10. The molecule has 1 aliphatic carbocycles. The van der Waals surface area contributed by atoms with Crippen molar-refractivity contribution in [2.75, 3.05) is 19.7 Å². The van der Waals surface area contributed by atoms with Crippen LogP contribution in [0, 0.1) is 0 Å². The van der Waals surface area contributed by atoms with Gasteiger partial charge in [0.1, 0.15) is 6.61 Å². The van der Waals surface area contributed by atoms with Crippen LogP contribution in [0.4, 0.5) is 18.0 Å². The zero-order valence-electron chi connectivity index (χ0n) is 17.0. The van der Waals surface area contributed by atoms with Crippen molar-refractivity contribution in [1.82, 2.24) is 10.2 Å². The third kappa shape index (κ3) is 4.11. The molecule has 0 bridgehead atoms. The minimum Gasteiger partial charge on any atom is -0.479 e. The van der Waals surface area contributed by atoms with Gasteiger partial charge in [0, 0.05) is 5.92 Å². The highest BCUT2D eigenvalue weighted by atomic mass is 19.4. The van der Waals surface area contributed by atoms with Gasteiger partial charge in [0.25, 0.3) is 5.91 Å². The maximum absolute atomic E-state index is 13.4. The minimum atomic E-state index is -5.15. The zero-order valence-corrected chi connectivity index (χ0v) is 17.0. The number of alkyl carbamates (subject to hydrolysis) is 1. The summed E-state index contributed by atoms with van der Waals surface area (Å²) in [5.41, 5.74) is 1.30. The van der Waals surface area contributed by atoms with Crippen molar-refractivity contribution in [3.63, 3.8) is 0 Å². The van der Waals surface area contributed by atoms with Crippen molar-refractivity contribution >= 4 is 18.0 Å². The van der Waals surface area contributed by atoms with Crippen LogP contribution in [0.3, 0.4) is 0 Å². The number of alkyl halides is 3. The van der Waals surface area contributed by atoms with E-state index in [2.05, 4.69) is 0 Å². The molecule has 174 valence electrons. The maximum atomic E-state index is 13.4. The van der Waals surface area contributed by atoms with Crippen molar-refractivity contribution in [3.8, 4) is 11.1 Å². The number of nitrogens with one attached hydrogen (secondary N) is 1. The van der Waals surface area contributed by atoms with Crippen LogP contribution in [0.2, 0.25) is 0 Å². The van der Waals surface area contributed by atoms with Gasteiger partial charge in [-0.1, -0.05) is 48.5 Å². The van der Waals surface area contributed by atoms with Gasteiger partial charge in [-0.25, -0.2) is 9.59 Å². The van der Waals surface area contributed by atoms with Gasteiger partial charge in [0.05, 0.1) is 13.1 Å². The van der Waals surface area contributed by atoms with Crippen LogP contribution in [-0.4, -0.2) is 70.6 Å². The highest BCUT2D eigenvalue weighted by Crippen LogP contribution is 2.44. The Kier molecular flexibility index (Phi) is 5.52. The first-order chi connectivity index (χ1) is 15.5. The SMILES string of the molecule is O=C(NC(C(=O)N1CC(O)(C(=O)O)C1)C(F)(F)F)OCC1c2ccccc2-c2ccccc21. The van der Waals surface area contributed by atoms with E-state index in [4.69, 9.17) is 9.84 Å². The second-order valence-electron chi connectivity index (χ2n) is 7.98. The number of amides is 2. The van der Waals surface area contributed by atoms with E-state index in [-0.39, 0.29) is 12.5 Å². The molecule has 0 radical (unpaired) electrons. The van der Waals surface area contributed by atoms with Crippen LogP contribution < -0.4 is 5.32 Å². The summed E-state index contributed by atoms with van der Waals surface area (Å²) in [6.07, 6.45) is -6.60. The molecule has 0 saturated carbocycles. The number of carboxylic acids is 1. The molecule has 1 atom stereocenters. The molecule has 2 aliphatic rings. The molecule has 0 aromatic heterocycles. The van der Waals surface area contributed by atoms with Crippen molar-refractivity contribution in [1.29, 1.82) is 0 Å². The van der Waals surface area contributed by atoms with Crippen molar-refractivity contribution in [3.05, 3.63) is 59.7 Å². The highest BCUT2D eigenvalue weighted by Gasteiger charge is 2.55. The van der Waals surface area contributed by atoms with Crippen molar-refractivity contribution in [2.24, 2.45) is 0 Å². The molecule has 2 aromatic rings. The van der Waals surface area contributed by atoms with Gasteiger partial charge < -0.3 is 25.2 Å². The van der Waals surface area contributed by atoms with Crippen LogP contribution >= 0.6 is 0 Å². The van der Waals surface area contributed by atoms with Crippen LogP contribution in [0.15, 0.2) is 48.5 Å². The number of hydrogen-bond acceptors (Lipinski definition) is 5. The van der Waals surface area contributed by atoms with Crippen LogP contribution in [-0.2, 0) is 14.3 Å². The summed E-state index contributed by atoms with van der Waals surface area (Å²) in [5, 5.41) is 20.0. The van der Waals surface area contributed by atoms with Gasteiger partial charge in [0.2, 0.25) is 6.04 Å². The van der Waals surface area contributed by atoms with Crippen LogP contribution in [0.25, 0.3) is 11.1 Å². The van der Waals surface area contributed by atoms with Crippen molar-refractivity contribution < 1.29 is 42.5 Å². The number of likely N-dealkylation sites (tertiary alicyclic amines) is 1. The zero-order chi connectivity index (χ0) is 24.0. The average Bonchev–Trinajstić information content (AvgIpc) is 3.06. The van der Waals surface area contributed by atoms with Gasteiger partial charge in [0.15, 0.2) is 5.60 Å². The van der Waals surface area contributed by atoms with E-state index in [0.717, 1.165) is 22.3 Å². The summed E-state index contributed by atoms with van der Waals surface area (Å²) in [6, 6.07) is 11.9. The number of rotatable bonds is 5. The maximum Gasteiger partial charge on any atom is 0.417 e. The largest absolute Gasteiger partial charge is 0.479 e. The van der Waals surface area contributed by atoms with Gasteiger partial charge in [-0.3, -0.25) is 4.79 Å². The number of carboxylic acid groups (broad SMARTS) is 1. The Hall–Kier alpha value is -3.60. The van der Waals surface area contributed by atoms with Gasteiger partial charge in [-0.05, 0) is 22.3 Å². The first-order valence-corrected chi connectivity index (χ1v) is 9.94. The summed E-state index contributed by atoms with van der Waals surface area (Å²) >= 11 is 0. The Morgan fingerprint density at radius 3 is 2.06 bits per heavy atom. The Labute approximate surface area is 185 Å².